The number of fused-ring (bicyclic) bond motifs is 1. The lowest BCUT2D eigenvalue weighted by Crippen LogP contribution is -2.33. The van der Waals surface area contributed by atoms with Crippen molar-refractivity contribution < 1.29 is 9.90 Å². The highest BCUT2D eigenvalue weighted by Gasteiger charge is 2.10. The van der Waals surface area contributed by atoms with E-state index in [4.69, 9.17) is 5.11 Å². The number of anilines is 1. The molecule has 0 atom stereocenters. The zero-order chi connectivity index (χ0) is 13.8. The molecule has 0 aliphatic rings. The summed E-state index contributed by atoms with van der Waals surface area (Å²) in [5, 5.41) is 12.6. The van der Waals surface area contributed by atoms with E-state index in [9.17, 15) is 4.79 Å². The van der Waals surface area contributed by atoms with Crippen molar-refractivity contribution in [2.75, 3.05) is 25.5 Å². The van der Waals surface area contributed by atoms with E-state index in [1.165, 1.54) is 4.90 Å². The Bertz CT molecular complexity index is 598. The third-order valence-electron chi connectivity index (χ3n) is 2.88. The van der Waals surface area contributed by atoms with E-state index < -0.39 is 0 Å². The second-order valence-electron chi connectivity index (χ2n) is 4.41. The summed E-state index contributed by atoms with van der Waals surface area (Å²) in [4.78, 5) is 17.8. The van der Waals surface area contributed by atoms with Crippen molar-refractivity contribution in [1.29, 1.82) is 0 Å². The lowest BCUT2D eigenvalue weighted by atomic mass is 10.2. The predicted octanol–water partition coefficient (Wildman–Crippen LogP) is 2.00. The molecule has 1 heterocycles. The molecule has 1 aromatic heterocycles. The zero-order valence-electron chi connectivity index (χ0n) is 11.1. The van der Waals surface area contributed by atoms with Gasteiger partial charge in [-0.15, -0.1) is 0 Å². The number of hydrogen-bond acceptors (Lipinski definition) is 3. The topological polar surface area (TPSA) is 65.5 Å². The summed E-state index contributed by atoms with van der Waals surface area (Å²) in [5.41, 5.74) is 2.35. The summed E-state index contributed by atoms with van der Waals surface area (Å²) >= 11 is 0. The summed E-state index contributed by atoms with van der Waals surface area (Å²) in [7, 11) is 1.63. The fourth-order valence-electron chi connectivity index (χ4n) is 1.81. The predicted molar refractivity (Wildman–Crippen MR) is 75.2 cm³/mol. The Kier molecular flexibility index (Phi) is 3.97. The molecule has 0 aliphatic carbocycles. The largest absolute Gasteiger partial charge is 0.395 e. The number of amides is 2. The van der Waals surface area contributed by atoms with Crippen LogP contribution in [0.4, 0.5) is 10.5 Å². The van der Waals surface area contributed by atoms with Crippen LogP contribution in [0.2, 0.25) is 0 Å². The molecule has 0 aliphatic heterocycles. The fraction of sp³-hybridized carbons (Fsp3) is 0.286. The molecule has 0 bridgehead atoms. The quantitative estimate of drug-likeness (QED) is 0.886. The summed E-state index contributed by atoms with van der Waals surface area (Å²) in [6.07, 6.45) is 0. The third-order valence-corrected chi connectivity index (χ3v) is 2.88. The number of aryl methyl sites for hydroxylation is 1. The highest BCUT2D eigenvalue weighted by molar-refractivity contribution is 5.99. The molecule has 2 amide bonds. The standard InChI is InChI=1S/C14H17N3O2/c1-10-6-7-11-4-3-5-12(13(11)15-10)16-14(19)17(2)8-9-18/h3-7,18H,8-9H2,1-2H3,(H,16,19). The average molecular weight is 259 g/mol. The molecule has 0 fully saturated rings. The maximum absolute atomic E-state index is 11.9. The Morgan fingerprint density at radius 3 is 2.89 bits per heavy atom. The maximum atomic E-state index is 11.9. The van der Waals surface area contributed by atoms with Crippen LogP contribution in [-0.2, 0) is 0 Å². The first kappa shape index (κ1) is 13.3. The molecule has 5 heteroatoms. The minimum Gasteiger partial charge on any atom is -0.395 e. The van der Waals surface area contributed by atoms with Crippen LogP contribution in [0.1, 0.15) is 5.69 Å². The van der Waals surface area contributed by atoms with E-state index in [2.05, 4.69) is 10.3 Å². The number of hydrogen-bond donors (Lipinski definition) is 2. The molecule has 2 aromatic rings. The monoisotopic (exact) mass is 259 g/mol. The Labute approximate surface area is 111 Å². The van der Waals surface area contributed by atoms with Gasteiger partial charge in [-0.3, -0.25) is 4.98 Å². The zero-order valence-corrected chi connectivity index (χ0v) is 11.1. The average Bonchev–Trinajstić information content (AvgIpc) is 2.39. The number of rotatable bonds is 3. The van der Waals surface area contributed by atoms with Crippen molar-refractivity contribution >= 4 is 22.6 Å². The van der Waals surface area contributed by atoms with Crippen molar-refractivity contribution in [1.82, 2.24) is 9.88 Å². The summed E-state index contributed by atoms with van der Waals surface area (Å²) < 4.78 is 0. The van der Waals surface area contributed by atoms with Crippen molar-refractivity contribution in [3.8, 4) is 0 Å². The SMILES string of the molecule is Cc1ccc2cccc(NC(=O)N(C)CCO)c2n1. The number of nitrogens with zero attached hydrogens (tertiary/aromatic N) is 2. The van der Waals surface area contributed by atoms with Crippen LogP contribution in [-0.4, -0.2) is 41.2 Å². The number of aromatic nitrogens is 1. The molecule has 0 unspecified atom stereocenters. The van der Waals surface area contributed by atoms with Gasteiger partial charge in [-0.1, -0.05) is 18.2 Å². The van der Waals surface area contributed by atoms with Gasteiger partial charge in [-0.05, 0) is 19.1 Å². The van der Waals surface area contributed by atoms with E-state index >= 15 is 0 Å². The van der Waals surface area contributed by atoms with Gasteiger partial charge in [0.25, 0.3) is 0 Å². The third kappa shape index (κ3) is 3.00. The lowest BCUT2D eigenvalue weighted by Gasteiger charge is -2.17. The molecular weight excluding hydrogens is 242 g/mol. The molecule has 5 nitrogen and oxygen atoms in total. The molecule has 19 heavy (non-hydrogen) atoms. The van der Waals surface area contributed by atoms with Crippen LogP contribution in [0.25, 0.3) is 10.9 Å². The Morgan fingerprint density at radius 1 is 1.37 bits per heavy atom. The van der Waals surface area contributed by atoms with E-state index in [0.717, 1.165) is 16.6 Å². The minimum atomic E-state index is -0.259. The van der Waals surface area contributed by atoms with Gasteiger partial charge in [0.05, 0.1) is 17.8 Å². The van der Waals surface area contributed by atoms with Gasteiger partial charge in [0.2, 0.25) is 0 Å². The Hall–Kier alpha value is -2.14. The molecule has 0 saturated heterocycles. The Morgan fingerprint density at radius 2 is 2.16 bits per heavy atom. The number of aliphatic hydroxyl groups is 1. The van der Waals surface area contributed by atoms with Gasteiger partial charge in [0.15, 0.2) is 0 Å². The number of aliphatic hydroxyl groups excluding tert-OH is 1. The Balaban J connectivity index is 2.30. The number of para-hydroxylation sites is 1. The number of urea groups is 1. The van der Waals surface area contributed by atoms with Gasteiger partial charge >= 0.3 is 6.03 Å². The molecule has 100 valence electrons. The molecule has 1 aromatic carbocycles. The van der Waals surface area contributed by atoms with E-state index in [1.807, 2.05) is 37.3 Å². The number of carbonyl (C=O) groups is 1. The number of nitrogens with one attached hydrogen (secondary N) is 1. The van der Waals surface area contributed by atoms with Crippen molar-refractivity contribution in [3.63, 3.8) is 0 Å². The van der Waals surface area contributed by atoms with E-state index in [-0.39, 0.29) is 12.6 Å². The van der Waals surface area contributed by atoms with Crippen LogP contribution in [0, 0.1) is 6.92 Å². The summed E-state index contributed by atoms with van der Waals surface area (Å²) in [5.74, 6) is 0. The molecule has 0 saturated carbocycles. The highest BCUT2D eigenvalue weighted by Crippen LogP contribution is 2.21. The molecule has 0 radical (unpaired) electrons. The van der Waals surface area contributed by atoms with Crippen molar-refractivity contribution in [2.24, 2.45) is 0 Å². The maximum Gasteiger partial charge on any atom is 0.321 e. The number of carbonyl (C=O) groups excluding carboxylic acids is 1. The normalized spacial score (nSPS) is 10.5. The highest BCUT2D eigenvalue weighted by atomic mass is 16.3. The van der Waals surface area contributed by atoms with Crippen molar-refractivity contribution in [2.45, 2.75) is 6.92 Å². The van der Waals surface area contributed by atoms with Gasteiger partial charge in [-0.2, -0.15) is 0 Å². The van der Waals surface area contributed by atoms with E-state index in [0.29, 0.717) is 12.2 Å². The van der Waals surface area contributed by atoms with Crippen LogP contribution in [0.5, 0.6) is 0 Å². The molecule has 0 spiro atoms. The molecule has 2 N–H and O–H groups in total. The second-order valence-corrected chi connectivity index (χ2v) is 4.41. The number of benzene rings is 1. The first-order valence-corrected chi connectivity index (χ1v) is 6.11. The van der Waals surface area contributed by atoms with Crippen LogP contribution < -0.4 is 5.32 Å². The van der Waals surface area contributed by atoms with E-state index in [1.54, 1.807) is 7.05 Å². The van der Waals surface area contributed by atoms with Gasteiger partial charge < -0.3 is 15.3 Å². The van der Waals surface area contributed by atoms with Crippen LogP contribution >= 0.6 is 0 Å². The number of pyridine rings is 1. The summed E-state index contributed by atoms with van der Waals surface area (Å²) in [6, 6.07) is 9.30. The summed E-state index contributed by atoms with van der Waals surface area (Å²) in [6.45, 7) is 2.15. The molecular formula is C14H17N3O2. The smallest absolute Gasteiger partial charge is 0.321 e. The van der Waals surface area contributed by atoms with Crippen LogP contribution in [0.3, 0.4) is 0 Å². The first-order chi connectivity index (χ1) is 9.11. The minimum absolute atomic E-state index is 0.0587. The van der Waals surface area contributed by atoms with Gasteiger partial charge in [-0.25, -0.2) is 4.79 Å². The van der Waals surface area contributed by atoms with Gasteiger partial charge in [0, 0.05) is 24.7 Å². The lowest BCUT2D eigenvalue weighted by molar-refractivity contribution is 0.202. The first-order valence-electron chi connectivity index (χ1n) is 6.11. The van der Waals surface area contributed by atoms with Crippen LogP contribution in [0.15, 0.2) is 30.3 Å². The molecule has 2 rings (SSSR count). The van der Waals surface area contributed by atoms with Crippen molar-refractivity contribution in [3.05, 3.63) is 36.0 Å². The fourth-order valence-corrected chi connectivity index (χ4v) is 1.81. The van der Waals surface area contributed by atoms with Gasteiger partial charge in [0.1, 0.15) is 0 Å². The number of likely N-dealkylation sites (N-methyl/N-ethyl adjacent to an activating group) is 1. The second kappa shape index (κ2) is 5.67.